The van der Waals surface area contributed by atoms with Gasteiger partial charge in [-0.2, -0.15) is 0 Å². The monoisotopic (exact) mass is 336 g/mol. The van der Waals surface area contributed by atoms with Gasteiger partial charge in [0.1, 0.15) is 0 Å². The summed E-state index contributed by atoms with van der Waals surface area (Å²) < 4.78 is 42.8. The van der Waals surface area contributed by atoms with Gasteiger partial charge in [-0.3, -0.25) is 4.57 Å². The maximum Gasteiger partial charge on any atom is 0.254 e. The van der Waals surface area contributed by atoms with Crippen LogP contribution < -0.4 is 5.30 Å². The highest BCUT2D eigenvalue weighted by atomic mass is 32.2. The summed E-state index contributed by atoms with van der Waals surface area (Å²) in [6.07, 6.45) is 0. The lowest BCUT2D eigenvalue weighted by molar-refractivity contribution is 0.347. The van der Waals surface area contributed by atoms with Gasteiger partial charge in [-0.15, -0.1) is 0 Å². The first kappa shape index (κ1) is 16.7. The largest absolute Gasteiger partial charge is 0.323 e. The highest BCUT2D eigenvalue weighted by Gasteiger charge is 2.23. The predicted molar refractivity (Wildman–Crippen MR) is 88.1 cm³/mol. The Morgan fingerprint density at radius 1 is 1.00 bits per heavy atom. The van der Waals surface area contributed by atoms with Crippen LogP contribution in [0.4, 0.5) is 0 Å². The van der Waals surface area contributed by atoms with Crippen molar-refractivity contribution in [1.29, 1.82) is 0 Å². The minimum Gasteiger partial charge on any atom is -0.323 e. The molecule has 0 bridgehead atoms. The first-order chi connectivity index (χ1) is 10.5. The first-order valence-electron chi connectivity index (χ1n) is 6.77. The van der Waals surface area contributed by atoms with Crippen molar-refractivity contribution in [3.8, 4) is 0 Å². The van der Waals surface area contributed by atoms with E-state index in [1.807, 2.05) is 0 Å². The fourth-order valence-electron chi connectivity index (χ4n) is 1.88. The average Bonchev–Trinajstić information content (AvgIpc) is 2.55. The minimum absolute atomic E-state index is 0.155. The van der Waals surface area contributed by atoms with Crippen LogP contribution in [-0.4, -0.2) is 15.0 Å². The van der Waals surface area contributed by atoms with E-state index < -0.39 is 17.2 Å². The molecule has 0 saturated heterocycles. The van der Waals surface area contributed by atoms with Gasteiger partial charge in [0.25, 0.3) is 7.37 Å². The second-order valence-corrected chi connectivity index (χ2v) is 8.59. The van der Waals surface area contributed by atoms with E-state index in [9.17, 15) is 13.0 Å². The van der Waals surface area contributed by atoms with Gasteiger partial charge in [-0.05, 0) is 31.2 Å². The molecular formula is C16H17O4PS. The van der Waals surface area contributed by atoms with Crippen LogP contribution >= 0.6 is 7.37 Å². The van der Waals surface area contributed by atoms with Gasteiger partial charge in [0.15, 0.2) is 9.84 Å². The molecule has 0 radical (unpaired) electrons. The summed E-state index contributed by atoms with van der Waals surface area (Å²) in [5.74, 6) is 1.16. The van der Waals surface area contributed by atoms with E-state index in [0.717, 1.165) is 11.2 Å². The number of rotatable bonds is 6. The molecule has 0 N–H and O–H groups in total. The summed E-state index contributed by atoms with van der Waals surface area (Å²) in [5.41, 5.74) is 0. The van der Waals surface area contributed by atoms with E-state index in [4.69, 9.17) is 4.52 Å². The molecule has 1 unspecified atom stereocenters. The number of sulfone groups is 1. The average molecular weight is 336 g/mol. The summed E-state index contributed by atoms with van der Waals surface area (Å²) in [6, 6.07) is 16.6. The normalized spacial score (nSPS) is 14.8. The van der Waals surface area contributed by atoms with Crippen LogP contribution in [0.5, 0.6) is 0 Å². The lowest BCUT2D eigenvalue weighted by atomic mass is 10.4. The third kappa shape index (κ3) is 3.95. The lowest BCUT2D eigenvalue weighted by Gasteiger charge is -2.13. The molecule has 0 aliphatic rings. The van der Waals surface area contributed by atoms with Gasteiger partial charge in [-0.1, -0.05) is 36.4 Å². The zero-order valence-electron chi connectivity index (χ0n) is 12.1. The van der Waals surface area contributed by atoms with Crippen molar-refractivity contribution in [3.63, 3.8) is 0 Å². The van der Waals surface area contributed by atoms with Gasteiger partial charge < -0.3 is 4.52 Å². The van der Waals surface area contributed by atoms with Crippen LogP contribution in [0, 0.1) is 0 Å². The van der Waals surface area contributed by atoms with Crippen LogP contribution in [0.3, 0.4) is 0 Å². The first-order valence-corrected chi connectivity index (χ1v) is 10.0. The van der Waals surface area contributed by atoms with E-state index >= 15 is 0 Å². The molecule has 22 heavy (non-hydrogen) atoms. The van der Waals surface area contributed by atoms with Gasteiger partial charge in [0, 0.05) is 16.5 Å². The van der Waals surface area contributed by atoms with E-state index in [0.29, 0.717) is 5.30 Å². The predicted octanol–water partition coefficient (Wildman–Crippen LogP) is 3.57. The fourth-order valence-corrected chi connectivity index (χ4v) is 5.23. The lowest BCUT2D eigenvalue weighted by Crippen LogP contribution is -2.06. The van der Waals surface area contributed by atoms with Gasteiger partial charge >= 0.3 is 0 Å². The van der Waals surface area contributed by atoms with Crippen molar-refractivity contribution >= 4 is 22.5 Å². The maximum atomic E-state index is 12.9. The highest BCUT2D eigenvalue weighted by molar-refractivity contribution is 7.94. The summed E-state index contributed by atoms with van der Waals surface area (Å²) in [5, 5.41) is 1.43. The van der Waals surface area contributed by atoms with Crippen LogP contribution in [0.25, 0.3) is 0 Å². The summed E-state index contributed by atoms with van der Waals surface area (Å²) >= 11 is 0. The molecular weight excluding hydrogens is 319 g/mol. The molecule has 0 aromatic heterocycles. The molecule has 0 aliphatic heterocycles. The van der Waals surface area contributed by atoms with Gasteiger partial charge in [0.05, 0.1) is 11.5 Å². The van der Waals surface area contributed by atoms with E-state index in [1.165, 1.54) is 12.1 Å². The molecule has 2 aromatic rings. The van der Waals surface area contributed by atoms with E-state index in [2.05, 4.69) is 0 Å². The van der Waals surface area contributed by atoms with E-state index in [-0.39, 0.29) is 11.5 Å². The molecule has 1 atom stereocenters. The Kier molecular flexibility index (Phi) is 5.35. The van der Waals surface area contributed by atoms with Crippen LogP contribution in [0.1, 0.15) is 6.92 Å². The molecule has 6 heteroatoms. The minimum atomic E-state index is -3.65. The summed E-state index contributed by atoms with van der Waals surface area (Å²) in [6.45, 7) is 1.94. The third-order valence-corrected chi connectivity index (χ3v) is 6.77. The number of hydrogen-bond donors (Lipinski definition) is 0. The van der Waals surface area contributed by atoms with Crippen molar-refractivity contribution in [3.05, 3.63) is 71.9 Å². The molecule has 116 valence electrons. The Labute approximate surface area is 130 Å². The molecule has 0 aliphatic carbocycles. The zero-order valence-corrected chi connectivity index (χ0v) is 13.8. The smallest absolute Gasteiger partial charge is 0.254 e. The van der Waals surface area contributed by atoms with Crippen molar-refractivity contribution in [2.75, 3.05) is 6.61 Å². The Balaban J connectivity index is 2.38. The van der Waals surface area contributed by atoms with Gasteiger partial charge in [-0.25, -0.2) is 8.42 Å². The topological polar surface area (TPSA) is 60.4 Å². The Morgan fingerprint density at radius 3 is 2.09 bits per heavy atom. The second-order valence-electron chi connectivity index (χ2n) is 4.49. The maximum absolute atomic E-state index is 12.9. The molecule has 0 saturated carbocycles. The third-order valence-electron chi connectivity index (χ3n) is 2.94. The highest BCUT2D eigenvalue weighted by Crippen LogP contribution is 2.47. The van der Waals surface area contributed by atoms with Crippen molar-refractivity contribution in [2.24, 2.45) is 0 Å². The summed E-state index contributed by atoms with van der Waals surface area (Å²) in [7, 11) is -7.00. The molecule has 4 nitrogen and oxygen atoms in total. The molecule has 0 fully saturated rings. The number of benzene rings is 2. The molecule has 2 aromatic carbocycles. The van der Waals surface area contributed by atoms with Crippen molar-refractivity contribution in [2.45, 2.75) is 11.8 Å². The SMILES string of the molecule is CCOP(=O)(/C=C/S(=O)(=O)c1ccccc1)c1ccccc1. The van der Waals surface area contributed by atoms with E-state index in [1.54, 1.807) is 55.5 Å². The molecule has 0 amide bonds. The molecule has 2 rings (SSSR count). The Hall–Kier alpha value is -1.68. The van der Waals surface area contributed by atoms with Crippen molar-refractivity contribution < 1.29 is 17.5 Å². The zero-order chi connectivity index (χ0) is 16.1. The van der Waals surface area contributed by atoms with Gasteiger partial charge in [0.2, 0.25) is 0 Å². The molecule has 0 spiro atoms. The van der Waals surface area contributed by atoms with Crippen LogP contribution in [0.15, 0.2) is 76.8 Å². The van der Waals surface area contributed by atoms with Crippen molar-refractivity contribution in [1.82, 2.24) is 0 Å². The standard InChI is InChI=1S/C16H17O4PS/c1-2-20-21(17,15-9-5-3-6-10-15)13-14-22(18,19)16-11-7-4-8-12-16/h3-14H,2H2,1H3/b14-13+. The Morgan fingerprint density at radius 2 is 1.55 bits per heavy atom. The number of hydrogen-bond acceptors (Lipinski definition) is 4. The Bertz CT molecular complexity index is 783. The molecule has 0 heterocycles. The summed E-state index contributed by atoms with van der Waals surface area (Å²) in [4.78, 5) is 0.155. The fraction of sp³-hybridized carbons (Fsp3) is 0.125. The second kappa shape index (κ2) is 7.05. The van der Waals surface area contributed by atoms with Crippen LogP contribution in [-0.2, 0) is 18.9 Å². The van der Waals surface area contributed by atoms with Crippen LogP contribution in [0.2, 0.25) is 0 Å². The quantitative estimate of drug-likeness (QED) is 0.757.